The van der Waals surface area contributed by atoms with Crippen molar-refractivity contribution in [2.75, 3.05) is 13.1 Å². The van der Waals surface area contributed by atoms with E-state index in [-0.39, 0.29) is 31.6 Å². The SMILES string of the molecule is CCC[C@@H](CNC(=O)OC(C)(C)C)C(=O)N[C@H]1CC[C@@H](C)N(C(=O)OCc2ccccc2)C[C@@H]1O. The maximum atomic E-state index is 13.0. The van der Waals surface area contributed by atoms with Crippen LogP contribution in [0, 0.1) is 5.92 Å². The van der Waals surface area contributed by atoms with Crippen LogP contribution >= 0.6 is 0 Å². The summed E-state index contributed by atoms with van der Waals surface area (Å²) in [5.41, 5.74) is 0.262. The second kappa shape index (κ2) is 13.3. The first kappa shape index (κ1) is 28.4. The number of benzene rings is 1. The minimum absolute atomic E-state index is 0.0638. The summed E-state index contributed by atoms with van der Waals surface area (Å²) in [4.78, 5) is 39.2. The third kappa shape index (κ3) is 9.76. The standard InChI is InChI=1S/C26H41N3O6/c1-6-10-20(15-27-24(32)35-26(3,4)5)23(31)28-21-14-13-18(2)29(16-22(21)30)25(33)34-17-19-11-8-7-9-12-19/h7-9,11-12,18,20-22,30H,6,10,13-17H2,1-5H3,(H,27,32)(H,28,31)/t18-,20+,21+,22+/m1/s1. The zero-order valence-corrected chi connectivity index (χ0v) is 21.6. The lowest BCUT2D eigenvalue weighted by Gasteiger charge is -2.28. The molecular formula is C26H41N3O6. The highest BCUT2D eigenvalue weighted by Crippen LogP contribution is 2.20. The topological polar surface area (TPSA) is 117 Å². The molecule has 3 amide bonds. The molecule has 196 valence electrons. The Morgan fingerprint density at radius 1 is 1.17 bits per heavy atom. The minimum atomic E-state index is -0.936. The van der Waals surface area contributed by atoms with E-state index in [0.29, 0.717) is 19.3 Å². The Morgan fingerprint density at radius 2 is 1.86 bits per heavy atom. The molecule has 3 N–H and O–H groups in total. The summed E-state index contributed by atoms with van der Waals surface area (Å²) in [5, 5.41) is 16.4. The van der Waals surface area contributed by atoms with Crippen LogP contribution in [0.5, 0.6) is 0 Å². The average molecular weight is 492 g/mol. The van der Waals surface area contributed by atoms with Crippen LogP contribution in [0.2, 0.25) is 0 Å². The number of ether oxygens (including phenoxy) is 2. The monoisotopic (exact) mass is 491 g/mol. The van der Waals surface area contributed by atoms with Crippen molar-refractivity contribution in [3.8, 4) is 0 Å². The van der Waals surface area contributed by atoms with Gasteiger partial charge in [0.25, 0.3) is 0 Å². The lowest BCUT2D eigenvalue weighted by molar-refractivity contribution is -0.126. The molecule has 9 nitrogen and oxygen atoms in total. The van der Waals surface area contributed by atoms with Gasteiger partial charge in [-0.05, 0) is 52.5 Å². The van der Waals surface area contributed by atoms with E-state index in [4.69, 9.17) is 9.47 Å². The number of β-amino-alcohol motifs (C(OH)–C–C–N with tert-alkyl or cyclic N) is 1. The molecule has 1 fully saturated rings. The maximum absolute atomic E-state index is 13.0. The molecule has 1 aliphatic rings. The van der Waals surface area contributed by atoms with Gasteiger partial charge in [0.2, 0.25) is 5.91 Å². The number of carbonyl (C=O) groups is 3. The van der Waals surface area contributed by atoms with E-state index >= 15 is 0 Å². The van der Waals surface area contributed by atoms with E-state index < -0.39 is 35.9 Å². The van der Waals surface area contributed by atoms with Crippen LogP contribution in [-0.4, -0.2) is 65.0 Å². The van der Waals surface area contributed by atoms with Crippen molar-refractivity contribution in [2.45, 2.75) is 90.7 Å². The Balaban J connectivity index is 1.92. The Kier molecular flexibility index (Phi) is 10.8. The smallest absolute Gasteiger partial charge is 0.410 e. The highest BCUT2D eigenvalue weighted by molar-refractivity contribution is 5.80. The molecule has 1 saturated heterocycles. The second-order valence-electron chi connectivity index (χ2n) is 10.2. The molecule has 1 heterocycles. The van der Waals surface area contributed by atoms with Gasteiger partial charge < -0.3 is 30.1 Å². The number of likely N-dealkylation sites (tertiary alicyclic amines) is 1. The van der Waals surface area contributed by atoms with Gasteiger partial charge in [0.15, 0.2) is 0 Å². The molecule has 0 aliphatic carbocycles. The minimum Gasteiger partial charge on any atom is -0.445 e. The number of rotatable bonds is 8. The van der Waals surface area contributed by atoms with Crippen molar-refractivity contribution in [2.24, 2.45) is 5.92 Å². The van der Waals surface area contributed by atoms with Crippen LogP contribution in [-0.2, 0) is 20.9 Å². The summed E-state index contributed by atoms with van der Waals surface area (Å²) in [5.74, 6) is -0.688. The third-order valence-electron chi connectivity index (χ3n) is 5.94. The van der Waals surface area contributed by atoms with Crippen LogP contribution in [0.4, 0.5) is 9.59 Å². The first-order valence-corrected chi connectivity index (χ1v) is 12.4. The molecule has 2 rings (SSSR count). The number of amides is 3. The second-order valence-corrected chi connectivity index (χ2v) is 10.2. The third-order valence-corrected chi connectivity index (χ3v) is 5.94. The highest BCUT2D eigenvalue weighted by Gasteiger charge is 2.34. The van der Waals surface area contributed by atoms with Crippen molar-refractivity contribution in [3.63, 3.8) is 0 Å². The molecule has 0 radical (unpaired) electrons. The van der Waals surface area contributed by atoms with Gasteiger partial charge in [0, 0.05) is 12.6 Å². The lowest BCUT2D eigenvalue weighted by atomic mass is 10.00. The molecule has 1 aliphatic heterocycles. The van der Waals surface area contributed by atoms with Crippen molar-refractivity contribution in [3.05, 3.63) is 35.9 Å². The summed E-state index contributed by atoms with van der Waals surface area (Å²) in [6, 6.07) is 8.76. The number of aliphatic hydroxyl groups is 1. The van der Waals surface area contributed by atoms with Crippen molar-refractivity contribution < 1.29 is 29.0 Å². The Bertz CT molecular complexity index is 826. The average Bonchev–Trinajstić information content (AvgIpc) is 2.93. The predicted molar refractivity (Wildman–Crippen MR) is 133 cm³/mol. The van der Waals surface area contributed by atoms with Gasteiger partial charge in [-0.2, -0.15) is 0 Å². The van der Waals surface area contributed by atoms with E-state index in [1.807, 2.05) is 44.2 Å². The molecule has 9 heteroatoms. The maximum Gasteiger partial charge on any atom is 0.410 e. The molecule has 0 bridgehead atoms. The van der Waals surface area contributed by atoms with Crippen LogP contribution in [0.1, 0.15) is 65.9 Å². The molecular weight excluding hydrogens is 450 g/mol. The highest BCUT2D eigenvalue weighted by atomic mass is 16.6. The number of hydrogen-bond acceptors (Lipinski definition) is 6. The fourth-order valence-electron chi connectivity index (χ4n) is 4.00. The molecule has 0 unspecified atom stereocenters. The first-order chi connectivity index (χ1) is 16.5. The summed E-state index contributed by atoms with van der Waals surface area (Å²) < 4.78 is 10.7. The zero-order chi connectivity index (χ0) is 26.0. The van der Waals surface area contributed by atoms with Gasteiger partial charge in [-0.15, -0.1) is 0 Å². The summed E-state index contributed by atoms with van der Waals surface area (Å²) in [6.07, 6.45) is 0.482. The van der Waals surface area contributed by atoms with E-state index in [2.05, 4.69) is 10.6 Å². The molecule has 0 aromatic heterocycles. The van der Waals surface area contributed by atoms with Gasteiger partial charge in [-0.25, -0.2) is 9.59 Å². The number of nitrogens with zero attached hydrogens (tertiary/aromatic N) is 1. The van der Waals surface area contributed by atoms with E-state index in [1.54, 1.807) is 20.8 Å². The van der Waals surface area contributed by atoms with Gasteiger partial charge in [-0.1, -0.05) is 43.7 Å². The van der Waals surface area contributed by atoms with Crippen LogP contribution < -0.4 is 10.6 Å². The summed E-state index contributed by atoms with van der Waals surface area (Å²) >= 11 is 0. The number of alkyl carbamates (subject to hydrolysis) is 1. The Labute approximate surface area is 208 Å². The van der Waals surface area contributed by atoms with Crippen molar-refractivity contribution >= 4 is 18.1 Å². The molecule has 0 spiro atoms. The molecule has 4 atom stereocenters. The fourth-order valence-corrected chi connectivity index (χ4v) is 4.00. The van der Waals surface area contributed by atoms with Crippen LogP contribution in [0.3, 0.4) is 0 Å². The quantitative estimate of drug-likeness (QED) is 0.512. The molecule has 35 heavy (non-hydrogen) atoms. The fraction of sp³-hybridized carbons (Fsp3) is 0.654. The van der Waals surface area contributed by atoms with E-state index in [0.717, 1.165) is 12.0 Å². The summed E-state index contributed by atoms with van der Waals surface area (Å²) in [6.45, 7) is 9.57. The first-order valence-electron chi connectivity index (χ1n) is 12.4. The van der Waals surface area contributed by atoms with Gasteiger partial charge in [0.05, 0.1) is 24.6 Å². The van der Waals surface area contributed by atoms with E-state index in [9.17, 15) is 19.5 Å². The summed E-state index contributed by atoms with van der Waals surface area (Å²) in [7, 11) is 0. The number of nitrogens with one attached hydrogen (secondary N) is 2. The largest absolute Gasteiger partial charge is 0.445 e. The molecule has 1 aromatic carbocycles. The lowest BCUT2D eigenvalue weighted by Crippen LogP contribution is -2.50. The number of aliphatic hydroxyl groups excluding tert-OH is 1. The predicted octanol–water partition coefficient (Wildman–Crippen LogP) is 3.59. The Morgan fingerprint density at radius 3 is 2.49 bits per heavy atom. The van der Waals surface area contributed by atoms with Crippen molar-refractivity contribution in [1.82, 2.24) is 15.5 Å². The number of carbonyl (C=O) groups excluding carboxylic acids is 3. The van der Waals surface area contributed by atoms with Crippen molar-refractivity contribution in [1.29, 1.82) is 0 Å². The van der Waals surface area contributed by atoms with Gasteiger partial charge in [-0.3, -0.25) is 4.79 Å². The normalized spacial score (nSPS) is 21.4. The Hall–Kier alpha value is -2.81. The molecule has 0 saturated carbocycles. The van der Waals surface area contributed by atoms with Gasteiger partial charge >= 0.3 is 12.2 Å². The molecule has 1 aromatic rings. The van der Waals surface area contributed by atoms with E-state index in [1.165, 1.54) is 4.90 Å². The number of hydrogen-bond donors (Lipinski definition) is 3. The zero-order valence-electron chi connectivity index (χ0n) is 21.6. The van der Waals surface area contributed by atoms with Gasteiger partial charge in [0.1, 0.15) is 12.2 Å². The van der Waals surface area contributed by atoms with Crippen LogP contribution in [0.15, 0.2) is 30.3 Å². The van der Waals surface area contributed by atoms with Crippen LogP contribution in [0.25, 0.3) is 0 Å².